The SMILES string of the molecule is Cc1ccc(CSCC(=O)NC(C)c2ccc(NC(=O)C3CC3)cc2)cc1. The average Bonchev–Trinajstić information content (AvgIpc) is 3.49. The minimum atomic E-state index is -0.0642. The monoisotopic (exact) mass is 382 g/mol. The number of carbonyl (C=O) groups is 2. The Kier molecular flexibility index (Phi) is 6.56. The van der Waals surface area contributed by atoms with Gasteiger partial charge in [-0.25, -0.2) is 0 Å². The van der Waals surface area contributed by atoms with Crippen LogP contribution in [0.1, 0.15) is 42.5 Å². The molecule has 0 saturated heterocycles. The van der Waals surface area contributed by atoms with E-state index in [9.17, 15) is 9.59 Å². The molecule has 1 aliphatic rings. The predicted octanol–water partition coefficient (Wildman–Crippen LogP) is 4.45. The molecule has 1 saturated carbocycles. The van der Waals surface area contributed by atoms with Crippen molar-refractivity contribution >= 4 is 29.3 Å². The molecule has 2 aromatic carbocycles. The molecule has 5 heteroatoms. The van der Waals surface area contributed by atoms with Crippen LogP contribution in [0.4, 0.5) is 5.69 Å². The number of carbonyl (C=O) groups excluding carboxylic acids is 2. The quantitative estimate of drug-likeness (QED) is 0.709. The van der Waals surface area contributed by atoms with Crippen molar-refractivity contribution in [2.45, 2.75) is 38.5 Å². The zero-order valence-electron chi connectivity index (χ0n) is 15.8. The number of benzene rings is 2. The molecule has 27 heavy (non-hydrogen) atoms. The predicted molar refractivity (Wildman–Crippen MR) is 112 cm³/mol. The third-order valence-electron chi connectivity index (χ3n) is 4.63. The second kappa shape index (κ2) is 9.09. The minimum Gasteiger partial charge on any atom is -0.349 e. The first-order valence-corrected chi connectivity index (χ1v) is 10.5. The van der Waals surface area contributed by atoms with Gasteiger partial charge in [-0.3, -0.25) is 9.59 Å². The molecule has 0 heterocycles. The third-order valence-corrected chi connectivity index (χ3v) is 5.63. The van der Waals surface area contributed by atoms with E-state index >= 15 is 0 Å². The molecule has 1 atom stereocenters. The molecule has 0 aliphatic heterocycles. The van der Waals surface area contributed by atoms with Crippen molar-refractivity contribution in [3.05, 3.63) is 65.2 Å². The second-order valence-corrected chi connectivity index (χ2v) is 8.14. The fourth-order valence-electron chi connectivity index (χ4n) is 2.76. The van der Waals surface area contributed by atoms with Crippen LogP contribution < -0.4 is 10.6 Å². The van der Waals surface area contributed by atoms with Crippen LogP contribution in [0.5, 0.6) is 0 Å². The number of aryl methyl sites for hydroxylation is 1. The molecule has 1 aliphatic carbocycles. The number of amides is 2. The van der Waals surface area contributed by atoms with Gasteiger partial charge in [0.05, 0.1) is 11.8 Å². The molecule has 0 radical (unpaired) electrons. The molecule has 2 N–H and O–H groups in total. The van der Waals surface area contributed by atoms with Crippen molar-refractivity contribution < 1.29 is 9.59 Å². The third kappa shape index (κ3) is 6.14. The van der Waals surface area contributed by atoms with E-state index in [1.807, 2.05) is 31.2 Å². The van der Waals surface area contributed by atoms with Crippen LogP contribution in [-0.2, 0) is 15.3 Å². The fourth-order valence-corrected chi connectivity index (χ4v) is 3.56. The van der Waals surface area contributed by atoms with E-state index in [2.05, 4.69) is 41.8 Å². The van der Waals surface area contributed by atoms with Crippen LogP contribution in [0.25, 0.3) is 0 Å². The summed E-state index contributed by atoms with van der Waals surface area (Å²) in [7, 11) is 0. The first-order valence-electron chi connectivity index (χ1n) is 9.35. The minimum absolute atomic E-state index is 0.0331. The Bertz CT molecular complexity index is 783. The van der Waals surface area contributed by atoms with Crippen LogP contribution in [0, 0.1) is 12.8 Å². The van der Waals surface area contributed by atoms with Gasteiger partial charge in [-0.15, -0.1) is 11.8 Å². The van der Waals surface area contributed by atoms with E-state index in [1.54, 1.807) is 11.8 Å². The van der Waals surface area contributed by atoms with Crippen molar-refractivity contribution in [1.82, 2.24) is 5.32 Å². The highest BCUT2D eigenvalue weighted by molar-refractivity contribution is 7.99. The number of anilines is 1. The van der Waals surface area contributed by atoms with Gasteiger partial charge in [0.25, 0.3) is 0 Å². The first-order chi connectivity index (χ1) is 13.0. The average molecular weight is 383 g/mol. The summed E-state index contributed by atoms with van der Waals surface area (Å²) in [6.45, 7) is 4.04. The summed E-state index contributed by atoms with van der Waals surface area (Å²) in [5.74, 6) is 1.60. The van der Waals surface area contributed by atoms with Crippen LogP contribution in [-0.4, -0.2) is 17.6 Å². The van der Waals surface area contributed by atoms with Gasteiger partial charge in [0, 0.05) is 17.4 Å². The van der Waals surface area contributed by atoms with Gasteiger partial charge in [0.2, 0.25) is 11.8 Å². The van der Waals surface area contributed by atoms with Crippen molar-refractivity contribution in [2.75, 3.05) is 11.1 Å². The van der Waals surface area contributed by atoms with Crippen LogP contribution >= 0.6 is 11.8 Å². The summed E-state index contributed by atoms with van der Waals surface area (Å²) in [4.78, 5) is 24.0. The van der Waals surface area contributed by atoms with Gasteiger partial charge in [0.15, 0.2) is 0 Å². The summed E-state index contributed by atoms with van der Waals surface area (Å²) >= 11 is 1.62. The van der Waals surface area contributed by atoms with Gasteiger partial charge in [0.1, 0.15) is 0 Å². The van der Waals surface area contributed by atoms with Crippen molar-refractivity contribution in [3.63, 3.8) is 0 Å². The molecular weight excluding hydrogens is 356 g/mol. The maximum absolute atomic E-state index is 12.2. The Morgan fingerprint density at radius 2 is 1.74 bits per heavy atom. The summed E-state index contributed by atoms with van der Waals surface area (Å²) in [6, 6.07) is 16.0. The highest BCUT2D eigenvalue weighted by Gasteiger charge is 2.29. The topological polar surface area (TPSA) is 58.2 Å². The number of hydrogen-bond acceptors (Lipinski definition) is 3. The highest BCUT2D eigenvalue weighted by atomic mass is 32.2. The lowest BCUT2D eigenvalue weighted by atomic mass is 10.1. The fraction of sp³-hybridized carbons (Fsp3) is 0.364. The Hall–Kier alpha value is -2.27. The molecule has 142 valence electrons. The molecule has 0 aromatic heterocycles. The second-order valence-electron chi connectivity index (χ2n) is 7.15. The Morgan fingerprint density at radius 3 is 2.37 bits per heavy atom. The highest BCUT2D eigenvalue weighted by Crippen LogP contribution is 2.30. The van der Waals surface area contributed by atoms with Crippen LogP contribution in [0.2, 0.25) is 0 Å². The van der Waals surface area contributed by atoms with E-state index in [0.717, 1.165) is 29.8 Å². The van der Waals surface area contributed by atoms with Gasteiger partial charge >= 0.3 is 0 Å². The van der Waals surface area contributed by atoms with Crippen molar-refractivity contribution in [3.8, 4) is 0 Å². The zero-order valence-corrected chi connectivity index (χ0v) is 16.6. The van der Waals surface area contributed by atoms with E-state index < -0.39 is 0 Å². The lowest BCUT2D eigenvalue weighted by molar-refractivity contribution is -0.119. The normalized spacial score (nSPS) is 14.4. The van der Waals surface area contributed by atoms with Gasteiger partial charge in [-0.05, 0) is 49.9 Å². The molecule has 2 amide bonds. The molecule has 1 unspecified atom stereocenters. The summed E-state index contributed by atoms with van der Waals surface area (Å²) in [5, 5.41) is 5.96. The van der Waals surface area contributed by atoms with E-state index in [0.29, 0.717) is 5.75 Å². The van der Waals surface area contributed by atoms with E-state index in [4.69, 9.17) is 0 Å². The zero-order chi connectivity index (χ0) is 19.2. The molecule has 0 bridgehead atoms. The molecular formula is C22H26N2O2S. The maximum Gasteiger partial charge on any atom is 0.230 e. The number of rotatable bonds is 8. The summed E-state index contributed by atoms with van der Waals surface area (Å²) in [5.41, 5.74) is 4.31. The molecule has 2 aromatic rings. The van der Waals surface area contributed by atoms with Crippen LogP contribution in [0.15, 0.2) is 48.5 Å². The van der Waals surface area contributed by atoms with Crippen molar-refractivity contribution in [1.29, 1.82) is 0 Å². The standard InChI is InChI=1S/C22H26N2O2S/c1-15-3-5-17(6-4-15)13-27-14-21(25)23-16(2)18-9-11-20(12-10-18)24-22(26)19-7-8-19/h3-6,9-12,16,19H,7-8,13-14H2,1-2H3,(H,23,25)(H,24,26). The number of hydrogen-bond donors (Lipinski definition) is 2. The first kappa shape index (κ1) is 19.5. The van der Waals surface area contributed by atoms with Crippen LogP contribution in [0.3, 0.4) is 0 Å². The largest absolute Gasteiger partial charge is 0.349 e. The van der Waals surface area contributed by atoms with Gasteiger partial charge in [-0.2, -0.15) is 0 Å². The van der Waals surface area contributed by atoms with E-state index in [-0.39, 0.29) is 23.8 Å². The van der Waals surface area contributed by atoms with Gasteiger partial charge in [-0.1, -0.05) is 42.0 Å². The number of thioether (sulfide) groups is 1. The molecule has 0 spiro atoms. The smallest absolute Gasteiger partial charge is 0.230 e. The number of nitrogens with one attached hydrogen (secondary N) is 2. The Morgan fingerprint density at radius 1 is 1.07 bits per heavy atom. The lowest BCUT2D eigenvalue weighted by Crippen LogP contribution is -2.28. The summed E-state index contributed by atoms with van der Waals surface area (Å²) in [6.07, 6.45) is 1.99. The molecule has 1 fully saturated rings. The Balaban J connectivity index is 1.41. The Labute approximate surface area is 165 Å². The lowest BCUT2D eigenvalue weighted by Gasteiger charge is -2.15. The molecule has 4 nitrogen and oxygen atoms in total. The van der Waals surface area contributed by atoms with Crippen molar-refractivity contribution in [2.24, 2.45) is 5.92 Å². The van der Waals surface area contributed by atoms with Gasteiger partial charge < -0.3 is 10.6 Å². The maximum atomic E-state index is 12.2. The summed E-state index contributed by atoms with van der Waals surface area (Å²) < 4.78 is 0. The van der Waals surface area contributed by atoms with E-state index in [1.165, 1.54) is 11.1 Å². The molecule has 3 rings (SSSR count).